The third-order valence-corrected chi connectivity index (χ3v) is 2.52. The van der Waals surface area contributed by atoms with Crippen LogP contribution in [0.25, 0.3) is 5.69 Å². The number of para-hydroxylation sites is 1. The van der Waals surface area contributed by atoms with E-state index in [1.165, 1.54) is 24.3 Å². The zero-order valence-electron chi connectivity index (χ0n) is 9.72. The van der Waals surface area contributed by atoms with E-state index in [0.29, 0.717) is 10.9 Å². The Balaban J connectivity index is 2.77. The first-order chi connectivity index (χ1) is 9.36. The van der Waals surface area contributed by atoms with Crippen molar-refractivity contribution in [2.75, 3.05) is 0 Å². The molecule has 0 unspecified atom stereocenters. The maximum Gasteiger partial charge on any atom is 0.434 e. The van der Waals surface area contributed by atoms with Gasteiger partial charge in [0.25, 0.3) is 0 Å². The normalized spacial score (nSPS) is 11.1. The fraction of sp³-hybridized carbons (Fsp3) is 0.0833. The maximum atomic E-state index is 13.0. The number of carboxylic acid groups (broad SMARTS) is 1. The Hall–Kier alpha value is -2.82. The van der Waals surface area contributed by atoms with Crippen LogP contribution in [0.3, 0.4) is 0 Å². The molecule has 0 aliphatic heterocycles. The number of carboxylic acids is 1. The minimum atomic E-state index is -4.91. The Morgan fingerprint density at radius 1 is 1.35 bits per heavy atom. The molecule has 2 aromatic rings. The summed E-state index contributed by atoms with van der Waals surface area (Å²) in [5, 5.41) is 21.1. The largest absolute Gasteiger partial charge is 0.478 e. The Morgan fingerprint density at radius 3 is 2.55 bits per heavy atom. The van der Waals surface area contributed by atoms with E-state index in [1.807, 2.05) is 0 Å². The number of benzene rings is 1. The van der Waals surface area contributed by atoms with Gasteiger partial charge in [-0.1, -0.05) is 12.1 Å². The van der Waals surface area contributed by atoms with Gasteiger partial charge >= 0.3 is 12.1 Å². The molecular weight excluding hydrogens is 275 g/mol. The summed E-state index contributed by atoms with van der Waals surface area (Å²) < 4.78 is 39.5. The number of rotatable bonds is 2. The lowest BCUT2D eigenvalue weighted by molar-refractivity contribution is -0.143. The molecule has 0 bridgehead atoms. The van der Waals surface area contributed by atoms with Gasteiger partial charge in [-0.15, -0.1) is 0 Å². The summed E-state index contributed by atoms with van der Waals surface area (Å²) in [4.78, 5) is 10.8. The van der Waals surface area contributed by atoms with E-state index in [9.17, 15) is 18.0 Å². The van der Waals surface area contributed by atoms with E-state index in [4.69, 9.17) is 10.4 Å². The summed E-state index contributed by atoms with van der Waals surface area (Å²) >= 11 is 0. The highest BCUT2D eigenvalue weighted by Gasteiger charge is 2.40. The fourth-order valence-electron chi connectivity index (χ4n) is 1.71. The Labute approximate surface area is 110 Å². The molecule has 5 nitrogen and oxygen atoms in total. The van der Waals surface area contributed by atoms with Crippen molar-refractivity contribution in [1.82, 2.24) is 9.78 Å². The summed E-state index contributed by atoms with van der Waals surface area (Å²) in [6, 6.07) is 7.22. The van der Waals surface area contributed by atoms with Gasteiger partial charge in [-0.05, 0) is 12.1 Å². The summed E-state index contributed by atoms with van der Waals surface area (Å²) in [5.41, 5.74) is -2.56. The minimum absolute atomic E-state index is 0.0435. The number of hydrogen-bond donors (Lipinski definition) is 1. The van der Waals surface area contributed by atoms with Gasteiger partial charge in [-0.25, -0.2) is 9.48 Å². The van der Waals surface area contributed by atoms with Crippen molar-refractivity contribution in [3.05, 3.63) is 47.3 Å². The van der Waals surface area contributed by atoms with E-state index in [-0.39, 0.29) is 11.3 Å². The minimum Gasteiger partial charge on any atom is -0.478 e. The molecule has 0 amide bonds. The number of aromatic carboxylic acids is 1. The summed E-state index contributed by atoms with van der Waals surface area (Å²) in [6.45, 7) is 0. The smallest absolute Gasteiger partial charge is 0.434 e. The lowest BCUT2D eigenvalue weighted by Crippen LogP contribution is -2.17. The van der Waals surface area contributed by atoms with Gasteiger partial charge in [0, 0.05) is 0 Å². The third kappa shape index (κ3) is 2.21. The van der Waals surface area contributed by atoms with Crippen molar-refractivity contribution >= 4 is 5.97 Å². The predicted octanol–water partition coefficient (Wildman–Crippen LogP) is 2.46. The number of alkyl halides is 3. The monoisotopic (exact) mass is 281 g/mol. The van der Waals surface area contributed by atoms with E-state index in [1.54, 1.807) is 6.07 Å². The molecule has 0 aliphatic carbocycles. The Morgan fingerprint density at radius 2 is 2.00 bits per heavy atom. The first-order valence-corrected chi connectivity index (χ1v) is 5.24. The van der Waals surface area contributed by atoms with Crippen LogP contribution in [0.2, 0.25) is 0 Å². The van der Waals surface area contributed by atoms with Crippen molar-refractivity contribution in [3.63, 3.8) is 0 Å². The van der Waals surface area contributed by atoms with Gasteiger partial charge in [0.15, 0.2) is 5.69 Å². The summed E-state index contributed by atoms with van der Waals surface area (Å²) in [5.74, 6) is -1.74. The standard InChI is InChI=1S/C12H6F3N3O2/c13-12(14,15)10-8(11(19)20)6-17-18(10)9-4-2-1-3-7(9)5-16/h1-4,6H,(H,19,20). The maximum absolute atomic E-state index is 13.0. The molecule has 1 N–H and O–H groups in total. The zero-order chi connectivity index (χ0) is 14.9. The molecule has 102 valence electrons. The van der Waals surface area contributed by atoms with Gasteiger partial charge in [0.2, 0.25) is 0 Å². The van der Waals surface area contributed by atoms with E-state index >= 15 is 0 Å². The molecule has 0 radical (unpaired) electrons. The van der Waals surface area contributed by atoms with E-state index < -0.39 is 23.4 Å². The zero-order valence-corrected chi connectivity index (χ0v) is 9.72. The van der Waals surface area contributed by atoms with Gasteiger partial charge in [-0.3, -0.25) is 0 Å². The quantitative estimate of drug-likeness (QED) is 0.917. The van der Waals surface area contributed by atoms with Crippen LogP contribution in [0.5, 0.6) is 0 Å². The number of carbonyl (C=O) groups is 1. The number of aromatic nitrogens is 2. The molecule has 8 heteroatoms. The lowest BCUT2D eigenvalue weighted by Gasteiger charge is -2.12. The molecule has 0 saturated heterocycles. The second kappa shape index (κ2) is 4.70. The highest BCUT2D eigenvalue weighted by Crippen LogP contribution is 2.34. The topological polar surface area (TPSA) is 78.9 Å². The first kappa shape index (κ1) is 13.6. The third-order valence-electron chi connectivity index (χ3n) is 2.52. The highest BCUT2D eigenvalue weighted by molar-refractivity contribution is 5.89. The summed E-state index contributed by atoms with van der Waals surface area (Å²) in [7, 11) is 0. The molecule has 1 aromatic heterocycles. The van der Waals surface area contributed by atoms with Crippen LogP contribution in [-0.4, -0.2) is 20.9 Å². The van der Waals surface area contributed by atoms with Gasteiger partial charge in [-0.2, -0.15) is 23.5 Å². The van der Waals surface area contributed by atoms with Crippen LogP contribution in [0.15, 0.2) is 30.5 Å². The predicted molar refractivity (Wildman–Crippen MR) is 60.2 cm³/mol. The average molecular weight is 281 g/mol. The van der Waals surface area contributed by atoms with Crippen LogP contribution in [0.4, 0.5) is 13.2 Å². The van der Waals surface area contributed by atoms with Crippen LogP contribution in [-0.2, 0) is 6.18 Å². The molecule has 0 spiro atoms. The lowest BCUT2D eigenvalue weighted by atomic mass is 10.2. The van der Waals surface area contributed by atoms with Crippen molar-refractivity contribution in [1.29, 1.82) is 5.26 Å². The van der Waals surface area contributed by atoms with Crippen LogP contribution < -0.4 is 0 Å². The van der Waals surface area contributed by atoms with Crippen LogP contribution in [0, 0.1) is 11.3 Å². The molecular formula is C12H6F3N3O2. The second-order valence-corrected chi connectivity index (χ2v) is 3.75. The van der Waals surface area contributed by atoms with Gasteiger partial charge in [0.1, 0.15) is 11.6 Å². The van der Waals surface area contributed by atoms with E-state index in [0.717, 1.165) is 0 Å². The molecule has 0 fully saturated rings. The number of halogens is 3. The van der Waals surface area contributed by atoms with Crippen molar-refractivity contribution in [3.8, 4) is 11.8 Å². The van der Waals surface area contributed by atoms with Gasteiger partial charge in [0.05, 0.1) is 17.4 Å². The van der Waals surface area contributed by atoms with Crippen molar-refractivity contribution < 1.29 is 23.1 Å². The molecule has 1 heterocycles. The summed E-state index contributed by atoms with van der Waals surface area (Å²) in [6.07, 6.45) is -4.30. The Kier molecular flexibility index (Phi) is 3.19. The van der Waals surface area contributed by atoms with Crippen LogP contribution in [0.1, 0.15) is 21.6 Å². The number of hydrogen-bond acceptors (Lipinski definition) is 3. The molecule has 2 rings (SSSR count). The SMILES string of the molecule is N#Cc1ccccc1-n1ncc(C(=O)O)c1C(F)(F)F. The number of nitriles is 1. The van der Waals surface area contributed by atoms with E-state index in [2.05, 4.69) is 5.10 Å². The average Bonchev–Trinajstić information content (AvgIpc) is 2.83. The number of nitrogens with zero attached hydrogens (tertiary/aromatic N) is 3. The highest BCUT2D eigenvalue weighted by atomic mass is 19.4. The molecule has 20 heavy (non-hydrogen) atoms. The van der Waals surface area contributed by atoms with Crippen LogP contribution >= 0.6 is 0 Å². The van der Waals surface area contributed by atoms with Crippen molar-refractivity contribution in [2.45, 2.75) is 6.18 Å². The second-order valence-electron chi connectivity index (χ2n) is 3.75. The fourth-order valence-corrected chi connectivity index (χ4v) is 1.71. The Bertz CT molecular complexity index is 713. The van der Waals surface area contributed by atoms with Crippen molar-refractivity contribution in [2.24, 2.45) is 0 Å². The molecule has 0 atom stereocenters. The van der Waals surface area contributed by atoms with Gasteiger partial charge < -0.3 is 5.11 Å². The molecule has 0 aliphatic rings. The molecule has 1 aromatic carbocycles. The molecule has 0 saturated carbocycles. The first-order valence-electron chi connectivity index (χ1n) is 5.24.